The van der Waals surface area contributed by atoms with E-state index in [1.54, 1.807) is 0 Å². The molecule has 3 saturated heterocycles. The first-order valence-electron chi connectivity index (χ1n) is 36.3. The first kappa shape index (κ1) is 78.6. The number of hydrogen-bond donors (Lipinski definition) is 6. The van der Waals surface area contributed by atoms with Crippen molar-refractivity contribution in [2.45, 2.75) is 386 Å². The molecule has 3 aliphatic rings. The highest BCUT2D eigenvalue weighted by Crippen LogP contribution is 2.55. The molecule has 0 atom stereocenters. The summed E-state index contributed by atoms with van der Waals surface area (Å²) in [5, 5.41) is 63.4. The number of carbonyl (C=O) groups is 3. The van der Waals surface area contributed by atoms with Crippen LogP contribution < -0.4 is 46.1 Å². The van der Waals surface area contributed by atoms with Crippen molar-refractivity contribution in [3.8, 4) is 17.2 Å². The summed E-state index contributed by atoms with van der Waals surface area (Å²) in [5.41, 5.74) is -4.37. The molecular formula is C72H132N9O9. The molecule has 18 nitrogen and oxygen atoms in total. The number of hydroxylamine groups is 6. The van der Waals surface area contributed by atoms with Gasteiger partial charge in [0, 0.05) is 51.4 Å². The Labute approximate surface area is 547 Å². The van der Waals surface area contributed by atoms with Crippen LogP contribution in [-0.4, -0.2) is 104 Å². The molecule has 3 aliphatic heterocycles. The van der Waals surface area contributed by atoms with E-state index in [9.17, 15) is 15.6 Å². The second-order valence-corrected chi connectivity index (χ2v) is 31.1. The number of unbranched alkanes of at least 4 members (excludes halogenated alkanes) is 27. The SMILES string of the molecule is CCCCCCCCCCCCOc1c(NC(=O)NC2CC(C)(C)N([O])C(C)(C)C2)c(OCCCCCCCCCCCC)c(NC(=O)NC2CC(C)(C)N([O])C(C)(C)C2)c(OCCCCCCCCCCCC)c1NC(=O)NC1CC(C)(C)N([O])C(C)(C)C1. The van der Waals surface area contributed by atoms with E-state index >= 15 is 14.4 Å². The quantitative estimate of drug-likeness (QED) is 0.0342. The van der Waals surface area contributed by atoms with E-state index in [-0.39, 0.29) is 54.1 Å². The fourth-order valence-electron chi connectivity index (χ4n) is 14.9. The summed E-state index contributed by atoms with van der Waals surface area (Å²) in [6, 6.07) is -2.93. The van der Waals surface area contributed by atoms with Gasteiger partial charge in [-0.2, -0.15) is 0 Å². The molecule has 3 radical (unpaired) electrons. The molecule has 0 saturated carbocycles. The zero-order valence-corrected chi connectivity index (χ0v) is 59.8. The Kier molecular flexibility index (Phi) is 33.7. The van der Waals surface area contributed by atoms with E-state index < -0.39 is 69.5 Å². The highest BCUT2D eigenvalue weighted by atomic mass is 16.5. The van der Waals surface area contributed by atoms with E-state index in [4.69, 9.17) is 14.2 Å². The molecule has 90 heavy (non-hydrogen) atoms. The van der Waals surface area contributed by atoms with Crippen molar-refractivity contribution in [1.29, 1.82) is 0 Å². The lowest BCUT2D eigenvalue weighted by Crippen LogP contribution is -2.62. The number of benzene rings is 1. The van der Waals surface area contributed by atoms with Gasteiger partial charge in [0.05, 0.1) is 19.8 Å². The van der Waals surface area contributed by atoms with Crippen LogP contribution in [0.2, 0.25) is 0 Å². The lowest BCUT2D eigenvalue weighted by molar-refractivity contribution is -0.289. The lowest BCUT2D eigenvalue weighted by atomic mass is 9.79. The summed E-state index contributed by atoms with van der Waals surface area (Å²) in [5.74, 6) is 0.360. The number of ether oxygens (including phenoxy) is 3. The third-order valence-electron chi connectivity index (χ3n) is 19.1. The van der Waals surface area contributed by atoms with Crippen molar-refractivity contribution in [1.82, 2.24) is 31.1 Å². The first-order valence-corrected chi connectivity index (χ1v) is 36.3. The van der Waals surface area contributed by atoms with E-state index in [1.165, 1.54) is 116 Å². The molecular weight excluding hydrogens is 1130 g/mol. The van der Waals surface area contributed by atoms with Crippen molar-refractivity contribution >= 4 is 35.2 Å². The Balaban J connectivity index is 1.93. The van der Waals surface area contributed by atoms with Gasteiger partial charge >= 0.3 is 18.1 Å². The third-order valence-corrected chi connectivity index (χ3v) is 19.1. The zero-order chi connectivity index (χ0) is 66.6. The largest absolute Gasteiger partial charge is 0.489 e. The Morgan fingerprint density at radius 3 is 0.656 bits per heavy atom. The number of rotatable bonds is 42. The average molecular weight is 1270 g/mol. The predicted octanol–water partition coefficient (Wildman–Crippen LogP) is 19.1. The Bertz CT molecular complexity index is 1940. The summed E-state index contributed by atoms with van der Waals surface area (Å²) in [4.78, 5) is 45.2. The lowest BCUT2D eigenvalue weighted by Gasteiger charge is -2.49. The van der Waals surface area contributed by atoms with E-state index in [0.717, 1.165) is 73.0 Å². The maximum absolute atomic E-state index is 15.1. The minimum absolute atomic E-state index is 0.104. The molecule has 1 aromatic carbocycles. The highest BCUT2D eigenvalue weighted by molar-refractivity contribution is 6.07. The number of urea groups is 3. The fraction of sp³-hybridized carbons (Fsp3) is 0.875. The Morgan fingerprint density at radius 2 is 0.478 bits per heavy atom. The normalized spacial score (nSPS) is 19.3. The minimum Gasteiger partial charge on any atom is -0.489 e. The van der Waals surface area contributed by atoms with Gasteiger partial charge in [-0.3, -0.25) is 0 Å². The van der Waals surface area contributed by atoms with Gasteiger partial charge in [-0.1, -0.05) is 194 Å². The zero-order valence-electron chi connectivity index (χ0n) is 59.8. The van der Waals surface area contributed by atoms with Crippen LogP contribution in [0.4, 0.5) is 31.4 Å². The standard InChI is InChI=1S/C72H132N9O9/c1-16-19-22-25-28-31-34-37-40-43-46-88-61-58(76-64(82)73-55-49-67(4,5)79(85)68(6,7)50-55)62(89-47-44-41-38-35-32-29-26-23-20-17-2)60(78-66(84)75-57-53-71(12,13)81(87)72(14,15)54-57)63(90-48-45-42-39-36-33-30-27-24-21-18-3)59(61)77-65(83)74-56-51-69(8,9)80(86)70(10,11)52-56/h55-57H,16-54H2,1-15H3,(H2,73,76,82)(H2,74,77,83)(H2,75,78,84). The van der Waals surface area contributed by atoms with E-state index in [0.29, 0.717) is 57.8 Å². The van der Waals surface area contributed by atoms with Crippen LogP contribution in [-0.2, 0) is 15.6 Å². The maximum atomic E-state index is 15.1. The van der Waals surface area contributed by atoms with Crippen LogP contribution in [0.25, 0.3) is 0 Å². The van der Waals surface area contributed by atoms with Gasteiger partial charge in [-0.05, 0) is 141 Å². The fourth-order valence-corrected chi connectivity index (χ4v) is 14.9. The van der Waals surface area contributed by atoms with Crippen molar-refractivity contribution < 1.29 is 44.2 Å². The summed E-state index contributed by atoms with van der Waals surface area (Å²) >= 11 is 0. The summed E-state index contributed by atoms with van der Waals surface area (Å²) in [6.45, 7) is 30.1. The number of carbonyl (C=O) groups excluding carboxylic acids is 3. The monoisotopic (exact) mass is 1270 g/mol. The van der Waals surface area contributed by atoms with Gasteiger partial charge in [-0.15, -0.1) is 30.8 Å². The van der Waals surface area contributed by atoms with Crippen LogP contribution >= 0.6 is 0 Å². The molecule has 6 N–H and O–H groups in total. The van der Waals surface area contributed by atoms with Crippen molar-refractivity contribution in [3.63, 3.8) is 0 Å². The number of amides is 6. The van der Waals surface area contributed by atoms with Crippen molar-refractivity contribution in [2.75, 3.05) is 35.8 Å². The Morgan fingerprint density at radius 1 is 0.311 bits per heavy atom. The number of anilines is 3. The van der Waals surface area contributed by atoms with Crippen molar-refractivity contribution in [3.05, 3.63) is 0 Å². The molecule has 1 aromatic rings. The van der Waals surface area contributed by atoms with Gasteiger partial charge in [0.1, 0.15) is 17.1 Å². The number of nitrogens with one attached hydrogen (secondary N) is 6. The van der Waals surface area contributed by atoms with Crippen molar-refractivity contribution in [2.24, 2.45) is 0 Å². The number of piperidine rings is 3. The second-order valence-electron chi connectivity index (χ2n) is 31.1. The molecule has 4 rings (SSSR count). The predicted molar refractivity (Wildman–Crippen MR) is 366 cm³/mol. The van der Waals surface area contributed by atoms with E-state index in [2.05, 4.69) is 52.7 Å². The van der Waals surface area contributed by atoms with Gasteiger partial charge < -0.3 is 46.1 Å². The first-order chi connectivity index (χ1) is 42.5. The molecule has 3 heterocycles. The second kappa shape index (κ2) is 38.5. The maximum Gasteiger partial charge on any atom is 0.319 e. The van der Waals surface area contributed by atoms with Crippen LogP contribution in [0.1, 0.15) is 335 Å². The molecule has 3 fully saturated rings. The molecule has 0 spiro atoms. The van der Waals surface area contributed by atoms with Crippen LogP contribution in [0.5, 0.6) is 17.2 Å². The summed E-state index contributed by atoms with van der Waals surface area (Å²) < 4.78 is 21.0. The smallest absolute Gasteiger partial charge is 0.319 e. The van der Waals surface area contributed by atoms with Crippen LogP contribution in [0.3, 0.4) is 0 Å². The van der Waals surface area contributed by atoms with E-state index in [1.807, 2.05) is 83.1 Å². The summed E-state index contributed by atoms with van der Waals surface area (Å²) in [7, 11) is 0. The molecule has 0 aromatic heterocycles. The molecule has 6 amide bonds. The number of nitrogens with zero attached hydrogens (tertiary/aromatic N) is 3. The number of hydrogen-bond acceptors (Lipinski definition) is 9. The van der Waals surface area contributed by atoms with Crippen LogP contribution in [0, 0.1) is 0 Å². The molecule has 519 valence electrons. The van der Waals surface area contributed by atoms with Gasteiger partial charge in [0.15, 0.2) is 17.2 Å². The minimum atomic E-state index is -0.780. The van der Waals surface area contributed by atoms with Gasteiger partial charge in [0.25, 0.3) is 0 Å². The molecule has 0 aliphatic carbocycles. The van der Waals surface area contributed by atoms with Crippen LogP contribution in [0.15, 0.2) is 0 Å². The average Bonchev–Trinajstić information content (AvgIpc) is 0.849. The Hall–Kier alpha value is -3.81. The highest BCUT2D eigenvalue weighted by Gasteiger charge is 2.49. The topological polar surface area (TPSA) is 220 Å². The molecule has 0 bridgehead atoms. The summed E-state index contributed by atoms with van der Waals surface area (Å²) in [6.07, 6.45) is 35.8. The third kappa shape index (κ3) is 26.2. The molecule has 18 heteroatoms. The van der Waals surface area contributed by atoms with Gasteiger partial charge in [0.2, 0.25) is 0 Å². The van der Waals surface area contributed by atoms with Gasteiger partial charge in [-0.25, -0.2) is 14.4 Å². The molecule has 0 unspecified atom stereocenters.